The molecule has 0 aromatic heterocycles. The van der Waals surface area contributed by atoms with Crippen molar-refractivity contribution in [3.63, 3.8) is 0 Å². The molecule has 1 amide bonds. The molecule has 1 rings (SSSR count). The number of para-hydroxylation sites is 1. The van der Waals surface area contributed by atoms with Crippen LogP contribution in [0.5, 0.6) is 5.75 Å². The maximum Gasteiger partial charge on any atom is 0.226 e. The third kappa shape index (κ3) is 6.54. The highest BCUT2D eigenvalue weighted by Crippen LogP contribution is 2.08. The molecule has 0 atom stereocenters. The smallest absolute Gasteiger partial charge is 0.226 e. The number of aliphatic hydroxyl groups excluding tert-OH is 1. The fourth-order valence-corrected chi connectivity index (χ4v) is 1.81. The van der Waals surface area contributed by atoms with Gasteiger partial charge in [-0.3, -0.25) is 4.79 Å². The van der Waals surface area contributed by atoms with Gasteiger partial charge in [0.2, 0.25) is 5.91 Å². The molecule has 0 unspecified atom stereocenters. The molecule has 5 nitrogen and oxygen atoms in total. The van der Waals surface area contributed by atoms with Gasteiger partial charge in [-0.25, -0.2) is 0 Å². The van der Waals surface area contributed by atoms with Crippen LogP contribution >= 0.6 is 0 Å². The van der Waals surface area contributed by atoms with Crippen LogP contribution < -0.4 is 4.74 Å². The number of hydrogen-bond donors (Lipinski definition) is 1. The van der Waals surface area contributed by atoms with Crippen molar-refractivity contribution in [1.29, 1.82) is 0 Å². The van der Waals surface area contributed by atoms with Crippen LogP contribution in [0.15, 0.2) is 30.3 Å². The summed E-state index contributed by atoms with van der Waals surface area (Å²) in [5.41, 5.74) is 0. The summed E-state index contributed by atoms with van der Waals surface area (Å²) in [7, 11) is 1.63. The topological polar surface area (TPSA) is 59.0 Å². The highest BCUT2D eigenvalue weighted by molar-refractivity contribution is 5.76. The Labute approximate surface area is 120 Å². The lowest BCUT2D eigenvalue weighted by Crippen LogP contribution is -2.35. The number of hydrogen-bond acceptors (Lipinski definition) is 4. The SMILES string of the molecule is COCCCN(CCO)C(=O)CCOc1ccccc1. The summed E-state index contributed by atoms with van der Waals surface area (Å²) in [5, 5.41) is 8.99. The lowest BCUT2D eigenvalue weighted by Gasteiger charge is -2.21. The summed E-state index contributed by atoms with van der Waals surface area (Å²) in [5.74, 6) is 0.750. The van der Waals surface area contributed by atoms with Crippen molar-refractivity contribution < 1.29 is 19.4 Å². The van der Waals surface area contributed by atoms with Gasteiger partial charge in [0.15, 0.2) is 0 Å². The summed E-state index contributed by atoms with van der Waals surface area (Å²) < 4.78 is 10.5. The molecular formula is C15H23NO4. The minimum atomic E-state index is -0.0295. The monoisotopic (exact) mass is 281 g/mol. The zero-order chi connectivity index (χ0) is 14.6. The first-order valence-electron chi connectivity index (χ1n) is 6.83. The second-order valence-electron chi connectivity index (χ2n) is 4.36. The van der Waals surface area contributed by atoms with Crippen molar-refractivity contribution in [3.05, 3.63) is 30.3 Å². The van der Waals surface area contributed by atoms with Crippen LogP contribution in [0.25, 0.3) is 0 Å². The molecule has 0 fully saturated rings. The summed E-state index contributed by atoms with van der Waals surface area (Å²) in [6.07, 6.45) is 1.07. The number of carbonyl (C=O) groups excluding carboxylic acids is 1. The summed E-state index contributed by atoms with van der Waals surface area (Å²) in [6, 6.07) is 9.40. The average molecular weight is 281 g/mol. The van der Waals surface area contributed by atoms with Crippen molar-refractivity contribution >= 4 is 5.91 Å². The molecule has 5 heteroatoms. The van der Waals surface area contributed by atoms with E-state index in [9.17, 15) is 4.79 Å². The summed E-state index contributed by atoms with van der Waals surface area (Å²) in [4.78, 5) is 13.7. The predicted octanol–water partition coefficient (Wildman–Crippen LogP) is 1.31. The Bertz CT molecular complexity index is 369. The van der Waals surface area contributed by atoms with Gasteiger partial charge in [0.1, 0.15) is 5.75 Å². The van der Waals surface area contributed by atoms with E-state index >= 15 is 0 Å². The molecule has 20 heavy (non-hydrogen) atoms. The molecule has 0 heterocycles. The van der Waals surface area contributed by atoms with Crippen molar-refractivity contribution in [3.8, 4) is 5.75 Å². The first-order chi connectivity index (χ1) is 9.77. The largest absolute Gasteiger partial charge is 0.493 e. The van der Waals surface area contributed by atoms with Crippen LogP contribution in [0.4, 0.5) is 0 Å². The van der Waals surface area contributed by atoms with Crippen LogP contribution in [0.3, 0.4) is 0 Å². The molecule has 0 aliphatic heterocycles. The van der Waals surface area contributed by atoms with Gasteiger partial charge in [0.25, 0.3) is 0 Å². The van der Waals surface area contributed by atoms with Crippen molar-refractivity contribution in [2.24, 2.45) is 0 Å². The average Bonchev–Trinajstić information content (AvgIpc) is 2.47. The van der Waals surface area contributed by atoms with E-state index < -0.39 is 0 Å². The number of aliphatic hydroxyl groups is 1. The van der Waals surface area contributed by atoms with E-state index in [0.29, 0.717) is 32.7 Å². The lowest BCUT2D eigenvalue weighted by atomic mass is 10.3. The van der Waals surface area contributed by atoms with E-state index in [1.54, 1.807) is 12.0 Å². The van der Waals surface area contributed by atoms with E-state index in [1.807, 2.05) is 30.3 Å². The second-order valence-corrected chi connectivity index (χ2v) is 4.36. The first kappa shape index (κ1) is 16.5. The predicted molar refractivity (Wildman–Crippen MR) is 76.7 cm³/mol. The normalized spacial score (nSPS) is 10.3. The van der Waals surface area contributed by atoms with Crippen LogP contribution in [-0.4, -0.2) is 55.9 Å². The number of nitrogens with zero attached hydrogens (tertiary/aromatic N) is 1. The highest BCUT2D eigenvalue weighted by Gasteiger charge is 2.12. The third-order valence-electron chi connectivity index (χ3n) is 2.83. The molecule has 1 N–H and O–H groups in total. The highest BCUT2D eigenvalue weighted by atomic mass is 16.5. The Hall–Kier alpha value is -1.59. The standard InChI is InChI=1S/C15H23NO4/c1-19-12-5-9-16(10-11-17)15(18)8-13-20-14-6-3-2-4-7-14/h2-4,6-7,17H,5,8-13H2,1H3. The van der Waals surface area contributed by atoms with Gasteiger partial charge >= 0.3 is 0 Å². The Balaban J connectivity index is 2.30. The first-order valence-corrected chi connectivity index (χ1v) is 6.83. The van der Waals surface area contributed by atoms with E-state index in [0.717, 1.165) is 12.2 Å². The molecule has 1 aromatic rings. The number of amides is 1. The zero-order valence-corrected chi connectivity index (χ0v) is 12.0. The minimum Gasteiger partial charge on any atom is -0.493 e. The molecule has 0 radical (unpaired) electrons. The van der Waals surface area contributed by atoms with Gasteiger partial charge < -0.3 is 19.5 Å². The molecule has 0 aliphatic carbocycles. The molecule has 0 saturated carbocycles. The van der Waals surface area contributed by atoms with Crippen molar-refractivity contribution in [2.45, 2.75) is 12.8 Å². The lowest BCUT2D eigenvalue weighted by molar-refractivity contribution is -0.132. The molecule has 0 bridgehead atoms. The zero-order valence-electron chi connectivity index (χ0n) is 12.0. The number of rotatable bonds is 10. The number of benzene rings is 1. The Morgan fingerprint density at radius 3 is 2.60 bits per heavy atom. The fourth-order valence-electron chi connectivity index (χ4n) is 1.81. The number of carbonyl (C=O) groups is 1. The van der Waals surface area contributed by atoms with Crippen LogP contribution in [0.2, 0.25) is 0 Å². The number of ether oxygens (including phenoxy) is 2. The van der Waals surface area contributed by atoms with Crippen molar-refractivity contribution in [1.82, 2.24) is 4.90 Å². The van der Waals surface area contributed by atoms with E-state index in [2.05, 4.69) is 0 Å². The number of methoxy groups -OCH3 is 1. The van der Waals surface area contributed by atoms with Gasteiger partial charge in [-0.1, -0.05) is 18.2 Å². The van der Waals surface area contributed by atoms with Gasteiger partial charge in [-0.05, 0) is 18.6 Å². The molecule has 112 valence electrons. The van der Waals surface area contributed by atoms with Crippen LogP contribution in [0, 0.1) is 0 Å². The van der Waals surface area contributed by atoms with Crippen LogP contribution in [0.1, 0.15) is 12.8 Å². The van der Waals surface area contributed by atoms with E-state index in [-0.39, 0.29) is 12.5 Å². The maximum absolute atomic E-state index is 12.0. The van der Waals surface area contributed by atoms with Crippen molar-refractivity contribution in [2.75, 3.05) is 40.0 Å². The Kier molecular flexibility index (Phi) is 8.42. The molecule has 1 aromatic carbocycles. The molecule has 0 aliphatic rings. The Morgan fingerprint density at radius 1 is 1.20 bits per heavy atom. The molecule has 0 spiro atoms. The van der Waals surface area contributed by atoms with E-state index in [1.165, 1.54) is 0 Å². The van der Waals surface area contributed by atoms with Gasteiger partial charge in [-0.15, -0.1) is 0 Å². The minimum absolute atomic E-state index is 0.00826. The van der Waals surface area contributed by atoms with E-state index in [4.69, 9.17) is 14.6 Å². The summed E-state index contributed by atoms with van der Waals surface area (Å²) in [6.45, 7) is 1.87. The maximum atomic E-state index is 12.0. The molecular weight excluding hydrogens is 258 g/mol. The second kappa shape index (κ2) is 10.2. The van der Waals surface area contributed by atoms with Crippen LogP contribution in [-0.2, 0) is 9.53 Å². The molecule has 0 saturated heterocycles. The fraction of sp³-hybridized carbons (Fsp3) is 0.533. The van der Waals surface area contributed by atoms with Gasteiger partial charge in [0.05, 0.1) is 19.6 Å². The van der Waals surface area contributed by atoms with Gasteiger partial charge in [-0.2, -0.15) is 0 Å². The Morgan fingerprint density at radius 2 is 1.95 bits per heavy atom. The van der Waals surface area contributed by atoms with Gasteiger partial charge in [0, 0.05) is 26.8 Å². The third-order valence-corrected chi connectivity index (χ3v) is 2.83. The quantitative estimate of drug-likeness (QED) is 0.657. The summed E-state index contributed by atoms with van der Waals surface area (Å²) >= 11 is 0.